The Morgan fingerprint density at radius 3 is 2.00 bits per heavy atom. The summed E-state index contributed by atoms with van der Waals surface area (Å²) in [5.74, 6) is -1.80. The first kappa shape index (κ1) is 12.9. The molecule has 2 N–H and O–H groups in total. The Bertz CT molecular complexity index is 212. The summed E-state index contributed by atoms with van der Waals surface area (Å²) < 4.78 is 0. The summed E-state index contributed by atoms with van der Waals surface area (Å²) in [5, 5.41) is 17.6. The van der Waals surface area contributed by atoms with Crippen LogP contribution in [-0.4, -0.2) is 22.2 Å². The fourth-order valence-electron chi connectivity index (χ4n) is 1.67. The Morgan fingerprint density at radius 2 is 1.71 bits per heavy atom. The minimum Gasteiger partial charge on any atom is -0.481 e. The molecule has 0 aromatic rings. The van der Waals surface area contributed by atoms with Crippen molar-refractivity contribution in [3.8, 4) is 0 Å². The van der Waals surface area contributed by atoms with Crippen LogP contribution in [0.1, 0.15) is 46.0 Å². The lowest BCUT2D eigenvalue weighted by Gasteiger charge is -2.26. The molecule has 82 valence electrons. The average Bonchev–Trinajstić information content (AvgIpc) is 2.11. The van der Waals surface area contributed by atoms with Gasteiger partial charge in [-0.2, -0.15) is 0 Å². The van der Waals surface area contributed by atoms with E-state index < -0.39 is 17.4 Å². The van der Waals surface area contributed by atoms with Gasteiger partial charge in [0.25, 0.3) is 0 Å². The lowest BCUT2D eigenvalue weighted by molar-refractivity contribution is -0.151. The van der Waals surface area contributed by atoms with Gasteiger partial charge in [-0.05, 0) is 19.3 Å². The maximum Gasteiger partial charge on any atom is 0.309 e. The van der Waals surface area contributed by atoms with E-state index in [-0.39, 0.29) is 12.8 Å². The van der Waals surface area contributed by atoms with Crippen LogP contribution in [0, 0.1) is 5.41 Å². The third-order valence-corrected chi connectivity index (χ3v) is 2.68. The van der Waals surface area contributed by atoms with Crippen molar-refractivity contribution in [2.45, 2.75) is 46.0 Å². The number of carboxylic acid groups (broad SMARTS) is 2. The normalized spacial score (nSPS) is 14.7. The van der Waals surface area contributed by atoms with E-state index >= 15 is 0 Å². The van der Waals surface area contributed by atoms with Gasteiger partial charge in [-0.3, -0.25) is 9.59 Å². The zero-order valence-electron chi connectivity index (χ0n) is 8.75. The highest BCUT2D eigenvalue weighted by Gasteiger charge is 2.35. The van der Waals surface area contributed by atoms with E-state index in [9.17, 15) is 9.59 Å². The lowest BCUT2D eigenvalue weighted by Crippen LogP contribution is -2.31. The molecule has 0 amide bonds. The second-order valence-corrected chi connectivity index (χ2v) is 3.58. The predicted molar refractivity (Wildman–Crippen MR) is 52.1 cm³/mol. The van der Waals surface area contributed by atoms with Crippen LogP contribution in [0.4, 0.5) is 0 Å². The quantitative estimate of drug-likeness (QED) is 0.663. The van der Waals surface area contributed by atoms with Crippen LogP contribution in [0.2, 0.25) is 0 Å². The Morgan fingerprint density at radius 1 is 1.14 bits per heavy atom. The summed E-state index contributed by atoms with van der Waals surface area (Å²) in [6, 6.07) is 0. The van der Waals surface area contributed by atoms with Crippen LogP contribution >= 0.6 is 0 Å². The number of hydrogen-bond donors (Lipinski definition) is 2. The molecule has 0 spiro atoms. The van der Waals surface area contributed by atoms with E-state index in [0.29, 0.717) is 12.8 Å². The van der Waals surface area contributed by atoms with Crippen molar-refractivity contribution in [3.63, 3.8) is 0 Å². The van der Waals surface area contributed by atoms with Crippen LogP contribution in [0.25, 0.3) is 0 Å². The molecule has 0 rings (SSSR count). The SMILES string of the molecule is CCCC(CC)(CCC(=O)O)C(=O)O. The molecule has 0 aliphatic rings. The summed E-state index contributed by atoms with van der Waals surface area (Å²) in [6.07, 6.45) is 1.96. The molecule has 4 nitrogen and oxygen atoms in total. The fourth-order valence-corrected chi connectivity index (χ4v) is 1.67. The molecular formula is C10H18O4. The molecule has 0 fully saturated rings. The molecule has 0 bridgehead atoms. The molecule has 0 saturated heterocycles. The predicted octanol–water partition coefficient (Wildman–Crippen LogP) is 2.13. The van der Waals surface area contributed by atoms with Crippen molar-refractivity contribution in [1.29, 1.82) is 0 Å². The van der Waals surface area contributed by atoms with Crippen LogP contribution in [0.5, 0.6) is 0 Å². The number of carbonyl (C=O) groups is 2. The smallest absolute Gasteiger partial charge is 0.309 e. The highest BCUT2D eigenvalue weighted by atomic mass is 16.4. The molecule has 0 heterocycles. The van der Waals surface area contributed by atoms with Crippen molar-refractivity contribution < 1.29 is 19.8 Å². The highest BCUT2D eigenvalue weighted by Crippen LogP contribution is 2.33. The van der Waals surface area contributed by atoms with E-state index in [1.165, 1.54) is 0 Å². The molecule has 1 atom stereocenters. The van der Waals surface area contributed by atoms with Gasteiger partial charge in [0.1, 0.15) is 0 Å². The summed E-state index contributed by atoms with van der Waals surface area (Å²) in [6.45, 7) is 3.71. The standard InChI is InChI=1S/C10H18O4/c1-3-6-10(4-2,9(13)14)7-5-8(11)12/h3-7H2,1-2H3,(H,11,12)(H,13,14). The summed E-state index contributed by atoms with van der Waals surface area (Å²) in [7, 11) is 0. The number of rotatable bonds is 7. The number of aliphatic carboxylic acids is 2. The third-order valence-electron chi connectivity index (χ3n) is 2.68. The maximum absolute atomic E-state index is 11.1. The van der Waals surface area contributed by atoms with E-state index in [1.807, 2.05) is 6.92 Å². The van der Waals surface area contributed by atoms with Gasteiger partial charge in [-0.1, -0.05) is 20.3 Å². The van der Waals surface area contributed by atoms with Gasteiger partial charge in [-0.25, -0.2) is 0 Å². The Balaban J connectivity index is 4.49. The Kier molecular flexibility index (Phi) is 5.20. The van der Waals surface area contributed by atoms with Crippen molar-refractivity contribution in [3.05, 3.63) is 0 Å². The topological polar surface area (TPSA) is 74.6 Å². The lowest BCUT2D eigenvalue weighted by atomic mass is 9.77. The molecule has 4 heteroatoms. The van der Waals surface area contributed by atoms with Crippen LogP contribution in [0.3, 0.4) is 0 Å². The maximum atomic E-state index is 11.1. The molecular weight excluding hydrogens is 184 g/mol. The largest absolute Gasteiger partial charge is 0.481 e. The van der Waals surface area contributed by atoms with Gasteiger partial charge in [-0.15, -0.1) is 0 Å². The van der Waals surface area contributed by atoms with E-state index in [4.69, 9.17) is 10.2 Å². The summed E-state index contributed by atoms with van der Waals surface area (Å²) in [5.41, 5.74) is -0.840. The first-order valence-corrected chi connectivity index (χ1v) is 4.93. The molecule has 14 heavy (non-hydrogen) atoms. The van der Waals surface area contributed by atoms with Gasteiger partial charge < -0.3 is 10.2 Å². The molecule has 0 aliphatic heterocycles. The third kappa shape index (κ3) is 3.36. The minimum atomic E-state index is -0.930. The Hall–Kier alpha value is -1.06. The molecule has 0 saturated carbocycles. The van der Waals surface area contributed by atoms with E-state index in [1.54, 1.807) is 6.92 Å². The average molecular weight is 202 g/mol. The minimum absolute atomic E-state index is 0.0693. The van der Waals surface area contributed by atoms with Crippen molar-refractivity contribution in [2.24, 2.45) is 5.41 Å². The van der Waals surface area contributed by atoms with Gasteiger partial charge in [0.05, 0.1) is 5.41 Å². The fraction of sp³-hybridized carbons (Fsp3) is 0.800. The van der Waals surface area contributed by atoms with Gasteiger partial charge in [0.15, 0.2) is 0 Å². The van der Waals surface area contributed by atoms with Crippen LogP contribution in [0.15, 0.2) is 0 Å². The van der Waals surface area contributed by atoms with Gasteiger partial charge in [0.2, 0.25) is 0 Å². The molecule has 1 unspecified atom stereocenters. The van der Waals surface area contributed by atoms with Crippen molar-refractivity contribution in [2.75, 3.05) is 0 Å². The molecule has 0 aliphatic carbocycles. The first-order chi connectivity index (χ1) is 6.48. The summed E-state index contributed by atoms with van der Waals surface area (Å²) in [4.78, 5) is 21.5. The van der Waals surface area contributed by atoms with Gasteiger partial charge >= 0.3 is 11.9 Å². The molecule has 0 aromatic heterocycles. The second-order valence-electron chi connectivity index (χ2n) is 3.58. The van der Waals surface area contributed by atoms with Crippen LogP contribution < -0.4 is 0 Å². The molecule has 0 radical (unpaired) electrons. The van der Waals surface area contributed by atoms with Crippen molar-refractivity contribution >= 4 is 11.9 Å². The highest BCUT2D eigenvalue weighted by molar-refractivity contribution is 5.76. The summed E-state index contributed by atoms with van der Waals surface area (Å²) >= 11 is 0. The molecule has 0 aromatic carbocycles. The van der Waals surface area contributed by atoms with Crippen LogP contribution in [-0.2, 0) is 9.59 Å². The zero-order chi connectivity index (χ0) is 11.2. The zero-order valence-corrected chi connectivity index (χ0v) is 8.75. The first-order valence-electron chi connectivity index (χ1n) is 4.93. The van der Waals surface area contributed by atoms with Gasteiger partial charge in [0, 0.05) is 6.42 Å². The van der Waals surface area contributed by atoms with Crippen molar-refractivity contribution in [1.82, 2.24) is 0 Å². The Labute approximate surface area is 83.9 Å². The second kappa shape index (κ2) is 5.62. The number of carboxylic acids is 2. The van der Waals surface area contributed by atoms with E-state index in [0.717, 1.165) is 6.42 Å². The van der Waals surface area contributed by atoms with E-state index in [2.05, 4.69) is 0 Å². The number of hydrogen-bond acceptors (Lipinski definition) is 2. The monoisotopic (exact) mass is 202 g/mol.